The van der Waals surface area contributed by atoms with Crippen molar-refractivity contribution in [3.05, 3.63) is 78.4 Å². The second-order valence-electron chi connectivity index (χ2n) is 8.09. The standard InChI is InChI=1S/C25H26N4O4S2/c1-28(2)15-16-29(25-26-22-9-4-5-10-23(22)34-25)24(30)18-7-6-8-19(17-18)27-35(31,32)21-13-11-20(33-3)12-14-21/h4-14,17,27H,15-16H2,1-3H3. The highest BCUT2D eigenvalue weighted by Crippen LogP contribution is 2.30. The molecule has 0 bridgehead atoms. The topological polar surface area (TPSA) is 91.8 Å². The molecule has 0 atom stereocenters. The van der Waals surface area contributed by atoms with Crippen LogP contribution in [0.2, 0.25) is 0 Å². The number of anilines is 2. The molecule has 0 radical (unpaired) electrons. The molecule has 0 aliphatic carbocycles. The molecule has 0 saturated carbocycles. The second-order valence-corrected chi connectivity index (χ2v) is 10.8. The molecule has 10 heteroatoms. The number of fused-ring (bicyclic) bond motifs is 1. The van der Waals surface area contributed by atoms with Gasteiger partial charge in [-0.05, 0) is 68.7 Å². The summed E-state index contributed by atoms with van der Waals surface area (Å²) in [7, 11) is 1.56. The molecule has 8 nitrogen and oxygen atoms in total. The van der Waals surface area contributed by atoms with Crippen molar-refractivity contribution >= 4 is 48.3 Å². The number of nitrogens with one attached hydrogen (secondary N) is 1. The number of thiazole rings is 1. The number of ether oxygens (including phenoxy) is 1. The van der Waals surface area contributed by atoms with E-state index in [1.54, 1.807) is 41.3 Å². The van der Waals surface area contributed by atoms with E-state index in [0.717, 1.165) is 10.2 Å². The van der Waals surface area contributed by atoms with Crippen molar-refractivity contribution in [2.75, 3.05) is 43.9 Å². The summed E-state index contributed by atoms with van der Waals surface area (Å²) < 4.78 is 34.3. The Bertz CT molecular complexity index is 1400. The number of para-hydroxylation sites is 1. The minimum atomic E-state index is -3.84. The third-order valence-corrected chi connectivity index (χ3v) is 7.72. The predicted octanol–water partition coefficient (Wildman–Crippen LogP) is 4.31. The Kier molecular flexibility index (Phi) is 7.34. The molecule has 3 aromatic carbocycles. The molecule has 35 heavy (non-hydrogen) atoms. The van der Waals surface area contributed by atoms with Crippen LogP contribution in [0.15, 0.2) is 77.7 Å². The van der Waals surface area contributed by atoms with E-state index in [1.807, 2.05) is 43.3 Å². The molecule has 4 rings (SSSR count). The molecule has 0 fully saturated rings. The van der Waals surface area contributed by atoms with Crippen LogP contribution in [0.3, 0.4) is 0 Å². The fourth-order valence-electron chi connectivity index (χ4n) is 3.40. The van der Waals surface area contributed by atoms with Gasteiger partial charge in [0, 0.05) is 24.3 Å². The lowest BCUT2D eigenvalue weighted by Gasteiger charge is -2.22. The van der Waals surface area contributed by atoms with Crippen molar-refractivity contribution in [1.29, 1.82) is 0 Å². The van der Waals surface area contributed by atoms with Crippen molar-refractivity contribution in [3.8, 4) is 5.75 Å². The van der Waals surface area contributed by atoms with Crippen molar-refractivity contribution in [2.24, 2.45) is 0 Å². The van der Waals surface area contributed by atoms with Gasteiger partial charge in [-0.25, -0.2) is 13.4 Å². The van der Waals surface area contributed by atoms with E-state index < -0.39 is 10.0 Å². The number of methoxy groups -OCH3 is 1. The van der Waals surface area contributed by atoms with Gasteiger partial charge in [-0.15, -0.1) is 0 Å². The fraction of sp³-hybridized carbons (Fsp3) is 0.200. The third kappa shape index (κ3) is 5.79. The van der Waals surface area contributed by atoms with E-state index in [-0.39, 0.29) is 10.8 Å². The highest BCUT2D eigenvalue weighted by Gasteiger charge is 2.22. The highest BCUT2D eigenvalue weighted by atomic mass is 32.2. The first-order valence-electron chi connectivity index (χ1n) is 10.9. The molecule has 0 aliphatic heterocycles. The van der Waals surface area contributed by atoms with Gasteiger partial charge < -0.3 is 9.64 Å². The van der Waals surface area contributed by atoms with Gasteiger partial charge in [-0.2, -0.15) is 0 Å². The summed E-state index contributed by atoms with van der Waals surface area (Å²) in [5.41, 5.74) is 1.48. The molecular formula is C25H26N4O4S2. The van der Waals surface area contributed by atoms with Gasteiger partial charge in [0.05, 0.1) is 22.2 Å². The summed E-state index contributed by atoms with van der Waals surface area (Å²) >= 11 is 1.45. The Labute approximate surface area is 208 Å². The number of likely N-dealkylation sites (N-methyl/N-ethyl adjacent to an activating group) is 1. The zero-order chi connectivity index (χ0) is 25.0. The summed E-state index contributed by atoms with van der Waals surface area (Å²) in [5.74, 6) is 0.306. The minimum absolute atomic E-state index is 0.0946. The van der Waals surface area contributed by atoms with Crippen LogP contribution in [0, 0.1) is 0 Å². The van der Waals surface area contributed by atoms with Crippen molar-refractivity contribution in [1.82, 2.24) is 9.88 Å². The van der Waals surface area contributed by atoms with Crippen LogP contribution in [-0.4, -0.2) is 58.5 Å². The van der Waals surface area contributed by atoms with E-state index in [2.05, 4.69) is 9.71 Å². The summed E-state index contributed by atoms with van der Waals surface area (Å²) in [4.78, 5) is 22.0. The summed E-state index contributed by atoms with van der Waals surface area (Å²) in [6.45, 7) is 1.08. The maximum atomic E-state index is 13.6. The van der Waals surface area contributed by atoms with Crippen LogP contribution >= 0.6 is 11.3 Å². The number of carbonyl (C=O) groups excluding carboxylic acids is 1. The molecule has 0 aliphatic rings. The molecule has 1 aromatic heterocycles. The van der Waals surface area contributed by atoms with Crippen molar-refractivity contribution in [3.63, 3.8) is 0 Å². The van der Waals surface area contributed by atoms with Crippen molar-refractivity contribution < 1.29 is 17.9 Å². The van der Waals surface area contributed by atoms with E-state index in [9.17, 15) is 13.2 Å². The van der Waals surface area contributed by atoms with Gasteiger partial charge in [-0.3, -0.25) is 14.4 Å². The van der Waals surface area contributed by atoms with Crippen LogP contribution in [-0.2, 0) is 10.0 Å². The minimum Gasteiger partial charge on any atom is -0.497 e. The molecule has 1 N–H and O–H groups in total. The zero-order valence-electron chi connectivity index (χ0n) is 19.6. The maximum Gasteiger partial charge on any atom is 0.261 e. The average molecular weight is 511 g/mol. The molecule has 4 aromatic rings. The Hall–Kier alpha value is -3.47. The number of sulfonamides is 1. The fourth-order valence-corrected chi connectivity index (χ4v) is 5.44. The van der Waals surface area contributed by atoms with E-state index >= 15 is 0 Å². The summed E-state index contributed by atoms with van der Waals surface area (Å²) in [6, 6.07) is 20.3. The van der Waals surface area contributed by atoms with Crippen LogP contribution < -0.4 is 14.4 Å². The molecule has 0 unspecified atom stereocenters. The summed E-state index contributed by atoms with van der Waals surface area (Å²) in [6.07, 6.45) is 0. The Balaban J connectivity index is 1.61. The second kappa shape index (κ2) is 10.4. The van der Waals surface area contributed by atoms with Gasteiger partial charge >= 0.3 is 0 Å². The number of hydrogen-bond acceptors (Lipinski definition) is 7. The molecular weight excluding hydrogens is 484 g/mol. The quantitative estimate of drug-likeness (QED) is 0.361. The first-order chi connectivity index (χ1) is 16.8. The SMILES string of the molecule is COc1ccc(S(=O)(=O)Nc2cccc(C(=O)N(CCN(C)C)c3nc4ccccc4s3)c2)cc1. The first kappa shape index (κ1) is 24.6. The lowest BCUT2D eigenvalue weighted by atomic mass is 10.2. The molecule has 1 amide bonds. The van der Waals surface area contributed by atoms with Gasteiger partial charge in [-0.1, -0.05) is 29.5 Å². The number of nitrogens with zero attached hydrogens (tertiary/aromatic N) is 3. The van der Waals surface area contributed by atoms with Gasteiger partial charge in [0.1, 0.15) is 5.75 Å². The van der Waals surface area contributed by atoms with Gasteiger partial charge in [0.25, 0.3) is 15.9 Å². The number of hydrogen-bond donors (Lipinski definition) is 1. The number of aromatic nitrogens is 1. The molecule has 182 valence electrons. The monoisotopic (exact) mass is 510 g/mol. The number of carbonyl (C=O) groups is 1. The maximum absolute atomic E-state index is 13.6. The lowest BCUT2D eigenvalue weighted by molar-refractivity contribution is 0.0985. The molecule has 0 spiro atoms. The average Bonchev–Trinajstić information content (AvgIpc) is 3.27. The lowest BCUT2D eigenvalue weighted by Crippen LogP contribution is -2.36. The van der Waals surface area contributed by atoms with Gasteiger partial charge in [0.2, 0.25) is 0 Å². The van der Waals surface area contributed by atoms with Crippen LogP contribution in [0.25, 0.3) is 10.2 Å². The number of benzene rings is 3. The Morgan fingerprint density at radius 2 is 1.74 bits per heavy atom. The normalized spacial score (nSPS) is 11.5. The van der Waals surface area contributed by atoms with E-state index in [0.29, 0.717) is 35.2 Å². The Morgan fingerprint density at radius 1 is 1.00 bits per heavy atom. The smallest absolute Gasteiger partial charge is 0.261 e. The molecule has 1 heterocycles. The van der Waals surface area contributed by atoms with Gasteiger partial charge in [0.15, 0.2) is 5.13 Å². The van der Waals surface area contributed by atoms with Crippen molar-refractivity contribution in [2.45, 2.75) is 4.90 Å². The third-order valence-electron chi connectivity index (χ3n) is 5.26. The molecule has 0 saturated heterocycles. The largest absolute Gasteiger partial charge is 0.497 e. The zero-order valence-corrected chi connectivity index (χ0v) is 21.3. The number of rotatable bonds is 9. The van der Waals surface area contributed by atoms with Crippen LogP contribution in [0.1, 0.15) is 10.4 Å². The predicted molar refractivity (Wildman–Crippen MR) is 140 cm³/mol. The first-order valence-corrected chi connectivity index (χ1v) is 13.2. The van der Waals surface area contributed by atoms with E-state index in [1.165, 1.54) is 30.6 Å². The van der Waals surface area contributed by atoms with Crippen LogP contribution in [0.4, 0.5) is 10.8 Å². The highest BCUT2D eigenvalue weighted by molar-refractivity contribution is 7.92. The number of amides is 1. The summed E-state index contributed by atoms with van der Waals surface area (Å²) in [5, 5.41) is 0.599. The van der Waals surface area contributed by atoms with Crippen LogP contribution in [0.5, 0.6) is 5.75 Å². The Morgan fingerprint density at radius 3 is 2.43 bits per heavy atom. The van der Waals surface area contributed by atoms with E-state index in [4.69, 9.17) is 4.74 Å².